The van der Waals surface area contributed by atoms with E-state index in [1.54, 1.807) is 0 Å². The van der Waals surface area contributed by atoms with Crippen LogP contribution in [0.1, 0.15) is 17.5 Å². The van der Waals surface area contributed by atoms with Crippen molar-refractivity contribution in [1.82, 2.24) is 9.21 Å². The van der Waals surface area contributed by atoms with Crippen LogP contribution in [0.15, 0.2) is 18.2 Å². The van der Waals surface area contributed by atoms with Crippen LogP contribution >= 0.6 is 0 Å². The Morgan fingerprint density at radius 2 is 1.65 bits per heavy atom. The highest BCUT2D eigenvalue weighted by Crippen LogP contribution is 2.14. The molecule has 0 saturated heterocycles. The Hall–Kier alpha value is -1.44. The molecule has 0 aromatic heterocycles. The number of anilines is 1. The fraction of sp³-hybridized carbons (Fsp3) is 0.562. The number of nitrogens with one attached hydrogen (secondary N) is 1. The highest BCUT2D eigenvalue weighted by molar-refractivity contribution is 7.88. The third-order valence-electron chi connectivity index (χ3n) is 3.31. The van der Waals surface area contributed by atoms with E-state index in [9.17, 15) is 13.2 Å². The lowest BCUT2D eigenvalue weighted by molar-refractivity contribution is -0.116. The lowest BCUT2D eigenvalue weighted by Gasteiger charge is -2.20. The van der Waals surface area contributed by atoms with Crippen LogP contribution in [0.25, 0.3) is 0 Å². The van der Waals surface area contributed by atoms with Gasteiger partial charge in [-0.3, -0.25) is 4.79 Å². The molecule has 0 atom stereocenters. The van der Waals surface area contributed by atoms with Gasteiger partial charge in [-0.25, -0.2) is 8.42 Å². The molecule has 0 aliphatic rings. The average molecular weight is 341 g/mol. The fourth-order valence-corrected chi connectivity index (χ4v) is 3.15. The maximum absolute atomic E-state index is 12.2. The van der Waals surface area contributed by atoms with Crippen LogP contribution in [0.2, 0.25) is 0 Å². The van der Waals surface area contributed by atoms with Gasteiger partial charge in [0.25, 0.3) is 0 Å². The number of hydrogen-bond acceptors (Lipinski definition) is 4. The number of aryl methyl sites for hydroxylation is 2. The number of benzene rings is 1. The molecule has 6 nitrogen and oxygen atoms in total. The van der Waals surface area contributed by atoms with Crippen molar-refractivity contribution in [3.8, 4) is 0 Å². The van der Waals surface area contributed by atoms with E-state index in [-0.39, 0.29) is 12.5 Å². The first-order valence-electron chi connectivity index (χ1n) is 7.56. The summed E-state index contributed by atoms with van der Waals surface area (Å²) in [7, 11) is 0.444. The average Bonchev–Trinajstić information content (AvgIpc) is 2.34. The number of carbonyl (C=O) groups excluding carboxylic acids is 1. The SMILES string of the molecule is Cc1cc(C)cc(NC(=O)CN(CCCN(C)C)S(C)(=O)=O)c1. The Morgan fingerprint density at radius 1 is 1.09 bits per heavy atom. The van der Waals surface area contributed by atoms with Crippen molar-refractivity contribution in [2.75, 3.05) is 45.3 Å². The van der Waals surface area contributed by atoms with Crippen molar-refractivity contribution in [2.45, 2.75) is 20.3 Å². The molecule has 130 valence electrons. The number of hydrogen-bond donors (Lipinski definition) is 1. The van der Waals surface area contributed by atoms with Gasteiger partial charge in [0.1, 0.15) is 0 Å². The summed E-state index contributed by atoms with van der Waals surface area (Å²) in [4.78, 5) is 14.1. The Labute approximate surface area is 139 Å². The van der Waals surface area contributed by atoms with Gasteiger partial charge in [0.15, 0.2) is 0 Å². The largest absolute Gasteiger partial charge is 0.325 e. The third kappa shape index (κ3) is 7.58. The summed E-state index contributed by atoms with van der Waals surface area (Å²) >= 11 is 0. The van der Waals surface area contributed by atoms with Crippen LogP contribution in [0.5, 0.6) is 0 Å². The molecular formula is C16H27N3O3S. The van der Waals surface area contributed by atoms with Gasteiger partial charge in [-0.1, -0.05) is 6.07 Å². The van der Waals surface area contributed by atoms with Crippen molar-refractivity contribution in [3.63, 3.8) is 0 Å². The van der Waals surface area contributed by atoms with Gasteiger partial charge >= 0.3 is 0 Å². The van der Waals surface area contributed by atoms with E-state index in [0.29, 0.717) is 18.7 Å². The smallest absolute Gasteiger partial charge is 0.239 e. The van der Waals surface area contributed by atoms with Crippen LogP contribution in [-0.4, -0.2) is 63.5 Å². The van der Waals surface area contributed by atoms with Gasteiger partial charge in [-0.05, 0) is 64.2 Å². The van der Waals surface area contributed by atoms with Crippen LogP contribution in [0.3, 0.4) is 0 Å². The molecule has 0 saturated carbocycles. The Morgan fingerprint density at radius 3 is 2.13 bits per heavy atom. The second-order valence-corrected chi connectivity index (χ2v) is 8.16. The van der Waals surface area contributed by atoms with Crippen LogP contribution < -0.4 is 5.32 Å². The number of nitrogens with zero attached hydrogens (tertiary/aromatic N) is 2. The van der Waals surface area contributed by atoms with Gasteiger partial charge in [-0.2, -0.15) is 4.31 Å². The molecule has 1 N–H and O–H groups in total. The van der Waals surface area contributed by atoms with E-state index in [1.165, 1.54) is 4.31 Å². The molecule has 1 amide bonds. The summed E-state index contributed by atoms with van der Waals surface area (Å²) in [5.74, 6) is -0.328. The molecule has 0 radical (unpaired) electrons. The molecule has 7 heteroatoms. The van der Waals surface area contributed by atoms with E-state index in [4.69, 9.17) is 0 Å². The van der Waals surface area contributed by atoms with Crippen LogP contribution in [0.4, 0.5) is 5.69 Å². The van der Waals surface area contributed by atoms with Crippen molar-refractivity contribution in [3.05, 3.63) is 29.3 Å². The molecule has 0 unspecified atom stereocenters. The minimum atomic E-state index is -3.41. The first-order chi connectivity index (χ1) is 10.6. The predicted octanol–water partition coefficient (Wildman–Crippen LogP) is 1.46. The molecular weight excluding hydrogens is 314 g/mol. The maximum Gasteiger partial charge on any atom is 0.239 e. The molecule has 0 bridgehead atoms. The number of sulfonamides is 1. The zero-order valence-electron chi connectivity index (χ0n) is 14.6. The summed E-state index contributed by atoms with van der Waals surface area (Å²) in [6.07, 6.45) is 1.81. The quantitative estimate of drug-likeness (QED) is 0.777. The molecule has 0 aliphatic heterocycles. The van der Waals surface area contributed by atoms with Gasteiger partial charge < -0.3 is 10.2 Å². The van der Waals surface area contributed by atoms with Crippen molar-refractivity contribution in [1.29, 1.82) is 0 Å². The van der Waals surface area contributed by atoms with Crippen LogP contribution in [-0.2, 0) is 14.8 Å². The van der Waals surface area contributed by atoms with E-state index >= 15 is 0 Å². The van der Waals surface area contributed by atoms with Crippen molar-refractivity contribution in [2.24, 2.45) is 0 Å². The summed E-state index contributed by atoms with van der Waals surface area (Å²) in [5, 5.41) is 2.77. The minimum absolute atomic E-state index is 0.167. The van der Waals surface area contributed by atoms with Gasteiger partial charge in [0, 0.05) is 12.2 Å². The lowest BCUT2D eigenvalue weighted by atomic mass is 10.1. The van der Waals surface area contributed by atoms with Gasteiger partial charge in [0.05, 0.1) is 12.8 Å². The summed E-state index contributed by atoms with van der Waals surface area (Å²) < 4.78 is 24.9. The molecule has 0 spiro atoms. The summed E-state index contributed by atoms with van der Waals surface area (Å²) in [6, 6.07) is 5.74. The lowest BCUT2D eigenvalue weighted by Crippen LogP contribution is -2.38. The topological polar surface area (TPSA) is 69.7 Å². The Balaban J connectivity index is 2.69. The molecule has 23 heavy (non-hydrogen) atoms. The predicted molar refractivity (Wildman–Crippen MR) is 94.1 cm³/mol. The molecule has 0 fully saturated rings. The standard InChI is InChI=1S/C16H27N3O3S/c1-13-9-14(2)11-15(10-13)17-16(20)12-19(23(5,21)22)8-6-7-18(3)4/h9-11H,6-8,12H2,1-5H3,(H,17,20). The van der Waals surface area contributed by atoms with E-state index < -0.39 is 10.0 Å². The first kappa shape index (κ1) is 19.6. The Bertz CT molecular complexity index is 622. The highest BCUT2D eigenvalue weighted by Gasteiger charge is 2.20. The number of rotatable bonds is 8. The number of carbonyl (C=O) groups is 1. The molecule has 0 aliphatic carbocycles. The Kier molecular flexibility index (Phi) is 7.18. The second kappa shape index (κ2) is 8.42. The first-order valence-corrected chi connectivity index (χ1v) is 9.41. The molecule has 1 aromatic carbocycles. The van der Waals surface area contributed by atoms with Gasteiger partial charge in [-0.15, -0.1) is 0 Å². The second-order valence-electron chi connectivity index (χ2n) is 6.18. The highest BCUT2D eigenvalue weighted by atomic mass is 32.2. The molecule has 1 rings (SSSR count). The maximum atomic E-state index is 12.2. The van der Waals surface area contributed by atoms with E-state index in [0.717, 1.165) is 23.9 Å². The normalized spacial score (nSPS) is 12.0. The van der Waals surface area contributed by atoms with E-state index in [1.807, 2.05) is 51.0 Å². The zero-order chi connectivity index (χ0) is 17.6. The third-order valence-corrected chi connectivity index (χ3v) is 4.56. The molecule has 0 heterocycles. The van der Waals surface area contributed by atoms with Crippen LogP contribution in [0, 0.1) is 13.8 Å². The monoisotopic (exact) mass is 341 g/mol. The van der Waals surface area contributed by atoms with E-state index in [2.05, 4.69) is 5.32 Å². The van der Waals surface area contributed by atoms with Gasteiger partial charge in [0.2, 0.25) is 15.9 Å². The minimum Gasteiger partial charge on any atom is -0.325 e. The van der Waals surface area contributed by atoms with Crippen molar-refractivity contribution >= 4 is 21.6 Å². The number of amides is 1. The fourth-order valence-electron chi connectivity index (χ4n) is 2.33. The van der Waals surface area contributed by atoms with Crippen molar-refractivity contribution < 1.29 is 13.2 Å². The summed E-state index contributed by atoms with van der Waals surface area (Å²) in [6.45, 7) is 4.83. The zero-order valence-corrected chi connectivity index (χ0v) is 15.4. The summed E-state index contributed by atoms with van der Waals surface area (Å²) in [5.41, 5.74) is 2.78. The molecule has 1 aromatic rings.